The molecule has 0 spiro atoms. The number of carbonyl (C=O) groups excluding carboxylic acids is 1. The van der Waals surface area contributed by atoms with Crippen molar-refractivity contribution in [2.24, 2.45) is 7.05 Å². The smallest absolute Gasteiger partial charge is 0.239 e. The predicted octanol–water partition coefficient (Wildman–Crippen LogP) is 5.18. The topological polar surface area (TPSA) is 103 Å². The molecule has 0 aliphatic rings. The van der Waals surface area contributed by atoms with E-state index in [2.05, 4.69) is 15.3 Å². The number of amides is 1. The largest absolute Gasteiger partial charge is 0.453 e. The normalized spacial score (nSPS) is 11.5. The van der Waals surface area contributed by atoms with Crippen LogP contribution >= 0.6 is 11.3 Å². The molecule has 12 heteroatoms. The number of thiophene rings is 1. The number of benzene rings is 2. The van der Waals surface area contributed by atoms with Crippen molar-refractivity contribution in [1.82, 2.24) is 14.5 Å². The van der Waals surface area contributed by atoms with E-state index in [0.717, 1.165) is 41.0 Å². The zero-order valence-electron chi connectivity index (χ0n) is 19.2. The highest BCUT2D eigenvalue weighted by molar-refractivity contribution is 7.92. The van der Waals surface area contributed by atoms with Gasteiger partial charge in [-0.15, -0.1) is 11.3 Å². The molecule has 188 valence electrons. The summed E-state index contributed by atoms with van der Waals surface area (Å²) in [6, 6.07) is 11.4. The van der Waals surface area contributed by atoms with Gasteiger partial charge < -0.3 is 14.6 Å². The molecule has 0 atom stereocenters. The molecule has 0 radical (unpaired) electrons. The molecule has 5 aromatic rings. The molecule has 3 aromatic heterocycles. The fourth-order valence-electron chi connectivity index (χ4n) is 3.58. The van der Waals surface area contributed by atoms with E-state index in [9.17, 15) is 22.0 Å². The van der Waals surface area contributed by atoms with E-state index in [1.165, 1.54) is 23.5 Å². The van der Waals surface area contributed by atoms with Crippen molar-refractivity contribution in [3.8, 4) is 22.2 Å². The molecule has 37 heavy (non-hydrogen) atoms. The molecule has 1 N–H and O–H groups in total. The third kappa shape index (κ3) is 5.20. The third-order valence-corrected chi connectivity index (χ3v) is 8.11. The van der Waals surface area contributed by atoms with E-state index >= 15 is 0 Å². The number of rotatable bonds is 7. The van der Waals surface area contributed by atoms with E-state index in [0.29, 0.717) is 16.0 Å². The first kappa shape index (κ1) is 24.5. The zero-order valence-corrected chi connectivity index (χ0v) is 20.8. The molecule has 0 saturated carbocycles. The fourth-order valence-corrected chi connectivity index (χ4v) is 5.82. The Morgan fingerprint density at radius 1 is 1.03 bits per heavy atom. The number of sulfone groups is 1. The van der Waals surface area contributed by atoms with Crippen LogP contribution < -0.4 is 10.1 Å². The lowest BCUT2D eigenvalue weighted by atomic mass is 10.3. The van der Waals surface area contributed by atoms with Crippen LogP contribution in [0.25, 0.3) is 20.9 Å². The number of nitrogens with one attached hydrogen (secondary N) is 1. The van der Waals surface area contributed by atoms with Crippen molar-refractivity contribution in [2.45, 2.75) is 4.90 Å². The SMILES string of the molecule is Cn1ccnc1-c1cc2nccc(Oc3ccc(NC(=O)CS(=O)(=O)c4ccc(F)cc4)cc3F)c2s1. The van der Waals surface area contributed by atoms with Gasteiger partial charge in [-0.2, -0.15) is 0 Å². The van der Waals surface area contributed by atoms with Crippen LogP contribution in [0.3, 0.4) is 0 Å². The Morgan fingerprint density at radius 3 is 2.51 bits per heavy atom. The van der Waals surface area contributed by atoms with Crippen molar-refractivity contribution in [2.75, 3.05) is 11.1 Å². The van der Waals surface area contributed by atoms with Crippen molar-refractivity contribution in [1.29, 1.82) is 0 Å². The summed E-state index contributed by atoms with van der Waals surface area (Å²) in [5.74, 6) is -2.03. The van der Waals surface area contributed by atoms with Gasteiger partial charge in [0.05, 0.1) is 20.0 Å². The van der Waals surface area contributed by atoms with Gasteiger partial charge in [0.1, 0.15) is 23.1 Å². The molecular weight excluding hydrogens is 522 g/mol. The number of halogens is 2. The minimum Gasteiger partial charge on any atom is -0.453 e. The number of hydrogen-bond donors (Lipinski definition) is 1. The van der Waals surface area contributed by atoms with E-state index in [-0.39, 0.29) is 16.3 Å². The first-order valence-electron chi connectivity index (χ1n) is 10.8. The summed E-state index contributed by atoms with van der Waals surface area (Å²) in [5, 5.41) is 2.36. The number of imidazole rings is 1. The van der Waals surface area contributed by atoms with Gasteiger partial charge >= 0.3 is 0 Å². The zero-order chi connectivity index (χ0) is 26.2. The molecule has 0 aliphatic heterocycles. The van der Waals surface area contributed by atoms with Gasteiger partial charge in [-0.05, 0) is 42.5 Å². The summed E-state index contributed by atoms with van der Waals surface area (Å²) in [6.45, 7) is 0. The molecule has 0 fully saturated rings. The minimum absolute atomic E-state index is 0.0530. The number of aromatic nitrogens is 3. The number of hydrogen-bond acceptors (Lipinski definition) is 7. The Hall–Kier alpha value is -4.16. The number of nitrogens with zero attached hydrogens (tertiary/aromatic N) is 3. The maximum atomic E-state index is 14.9. The van der Waals surface area contributed by atoms with Crippen LogP contribution in [0.2, 0.25) is 0 Å². The summed E-state index contributed by atoms with van der Waals surface area (Å²) in [6.07, 6.45) is 5.08. The molecule has 3 heterocycles. The van der Waals surface area contributed by atoms with Crippen LogP contribution in [0.4, 0.5) is 14.5 Å². The summed E-state index contributed by atoms with van der Waals surface area (Å²) in [5.41, 5.74) is 0.726. The quantitative estimate of drug-likeness (QED) is 0.286. The van der Waals surface area contributed by atoms with Crippen molar-refractivity contribution in [3.63, 3.8) is 0 Å². The lowest BCUT2D eigenvalue weighted by molar-refractivity contribution is -0.113. The van der Waals surface area contributed by atoms with Gasteiger partial charge in [0, 0.05) is 43.5 Å². The molecule has 2 aromatic carbocycles. The minimum atomic E-state index is -4.00. The average Bonchev–Trinajstić information content (AvgIpc) is 3.47. The second-order valence-electron chi connectivity index (χ2n) is 8.00. The van der Waals surface area contributed by atoms with E-state index in [4.69, 9.17) is 4.74 Å². The molecule has 0 aliphatic carbocycles. The van der Waals surface area contributed by atoms with Gasteiger partial charge in [0.15, 0.2) is 21.4 Å². The van der Waals surface area contributed by atoms with Crippen LogP contribution in [0.5, 0.6) is 11.5 Å². The molecule has 0 unspecified atom stereocenters. The summed E-state index contributed by atoms with van der Waals surface area (Å²) in [7, 11) is -2.12. The maximum Gasteiger partial charge on any atom is 0.239 e. The average molecular weight is 541 g/mol. The second kappa shape index (κ2) is 9.71. The molecule has 1 amide bonds. The second-order valence-corrected chi connectivity index (χ2v) is 11.0. The molecular formula is C25H18F2N4O4S2. The monoisotopic (exact) mass is 540 g/mol. The Labute approximate surface area is 214 Å². The molecule has 8 nitrogen and oxygen atoms in total. The standard InChI is InChI=1S/C25H18F2N4O4S2/c1-31-11-10-29-25(31)22-13-19-24(36-22)21(8-9-28-19)35-20-7-4-16(12-18(20)27)30-23(32)14-37(33,34)17-5-2-15(26)3-6-17/h2-13H,14H2,1H3,(H,30,32). The van der Waals surface area contributed by atoms with Crippen LogP contribution in [-0.2, 0) is 21.7 Å². The molecule has 0 bridgehead atoms. The summed E-state index contributed by atoms with van der Waals surface area (Å²) in [4.78, 5) is 21.7. The highest BCUT2D eigenvalue weighted by Crippen LogP contribution is 2.39. The Morgan fingerprint density at radius 2 is 1.81 bits per heavy atom. The van der Waals surface area contributed by atoms with E-state index in [1.54, 1.807) is 18.5 Å². The lowest BCUT2D eigenvalue weighted by Gasteiger charge is -2.10. The van der Waals surface area contributed by atoms with Gasteiger partial charge in [0.2, 0.25) is 5.91 Å². The number of anilines is 1. The molecule has 0 saturated heterocycles. The van der Waals surface area contributed by atoms with Gasteiger partial charge in [-0.1, -0.05) is 0 Å². The summed E-state index contributed by atoms with van der Waals surface area (Å²) < 4.78 is 61.1. The number of carbonyl (C=O) groups is 1. The number of ether oxygens (including phenoxy) is 1. The van der Waals surface area contributed by atoms with E-state index < -0.39 is 33.1 Å². The van der Waals surface area contributed by atoms with Gasteiger partial charge in [0.25, 0.3) is 0 Å². The first-order valence-corrected chi connectivity index (χ1v) is 13.3. The summed E-state index contributed by atoms with van der Waals surface area (Å²) >= 11 is 1.41. The molecule has 5 rings (SSSR count). The lowest BCUT2D eigenvalue weighted by Crippen LogP contribution is -2.23. The van der Waals surface area contributed by atoms with Crippen LogP contribution in [0.15, 0.2) is 78.1 Å². The fraction of sp³-hybridized carbons (Fsp3) is 0.0800. The van der Waals surface area contributed by atoms with Crippen molar-refractivity contribution >= 4 is 43.0 Å². The van der Waals surface area contributed by atoms with Crippen molar-refractivity contribution in [3.05, 3.63) is 84.8 Å². The third-order valence-electron chi connectivity index (χ3n) is 5.35. The number of aryl methyl sites for hydroxylation is 1. The first-order chi connectivity index (χ1) is 17.7. The highest BCUT2D eigenvalue weighted by Gasteiger charge is 2.20. The Kier molecular flexibility index (Phi) is 6.44. The Bertz CT molecular complexity index is 1730. The maximum absolute atomic E-state index is 14.9. The van der Waals surface area contributed by atoms with E-state index in [1.807, 2.05) is 23.9 Å². The van der Waals surface area contributed by atoms with Crippen LogP contribution in [0.1, 0.15) is 0 Å². The van der Waals surface area contributed by atoms with Gasteiger partial charge in [-0.25, -0.2) is 22.2 Å². The number of pyridine rings is 1. The van der Waals surface area contributed by atoms with Crippen molar-refractivity contribution < 1.29 is 26.7 Å². The predicted molar refractivity (Wildman–Crippen MR) is 135 cm³/mol. The van der Waals surface area contributed by atoms with Crippen LogP contribution in [0, 0.1) is 11.6 Å². The highest BCUT2D eigenvalue weighted by atomic mass is 32.2. The van der Waals surface area contributed by atoms with Crippen LogP contribution in [-0.4, -0.2) is 34.6 Å². The number of fused-ring (bicyclic) bond motifs is 1. The Balaban J connectivity index is 1.31. The van der Waals surface area contributed by atoms with Gasteiger partial charge in [-0.3, -0.25) is 9.78 Å².